The van der Waals surface area contributed by atoms with Crippen molar-refractivity contribution in [3.63, 3.8) is 0 Å². The van der Waals surface area contributed by atoms with Crippen molar-refractivity contribution in [2.24, 2.45) is 5.92 Å². The Morgan fingerprint density at radius 2 is 1.83 bits per heavy atom. The zero-order valence-corrected chi connectivity index (χ0v) is 17.9. The molecular formula is C19H22N2O6S2. The van der Waals surface area contributed by atoms with Gasteiger partial charge < -0.3 is 4.74 Å². The maximum absolute atomic E-state index is 13.0. The first-order valence-electron chi connectivity index (χ1n) is 8.95. The molecule has 1 N–H and O–H groups in total. The van der Waals surface area contributed by atoms with E-state index < -0.39 is 31.9 Å². The zero-order chi connectivity index (χ0) is 21.4. The second-order valence-corrected chi connectivity index (χ2v) is 10.3. The first kappa shape index (κ1) is 21.1. The van der Waals surface area contributed by atoms with E-state index in [-0.39, 0.29) is 22.1 Å². The Kier molecular flexibility index (Phi) is 5.59. The third kappa shape index (κ3) is 4.08. The molecule has 10 heteroatoms. The standard InChI is InChI=1S/C19H22N2O6S2/c1-4-14-5-7-15(8-6-14)20-29(25,26)18-11-16(9-10-17(18)27-3)21-19(22)13(2)12-28(21,23)24/h5-11,13,20H,4,12H2,1-3H3. The minimum Gasteiger partial charge on any atom is -0.495 e. The fourth-order valence-electron chi connectivity index (χ4n) is 3.11. The molecule has 1 fully saturated rings. The first-order valence-corrected chi connectivity index (χ1v) is 12.0. The van der Waals surface area contributed by atoms with Crippen LogP contribution in [0, 0.1) is 5.92 Å². The van der Waals surface area contributed by atoms with Gasteiger partial charge in [0, 0.05) is 5.69 Å². The van der Waals surface area contributed by atoms with E-state index in [1.807, 2.05) is 19.1 Å². The summed E-state index contributed by atoms with van der Waals surface area (Å²) in [6.45, 7) is 3.51. The predicted octanol–water partition coefficient (Wildman–Crippen LogP) is 2.37. The van der Waals surface area contributed by atoms with E-state index in [9.17, 15) is 21.6 Å². The number of carbonyl (C=O) groups excluding carboxylic acids is 1. The van der Waals surface area contributed by atoms with E-state index in [2.05, 4.69) is 4.72 Å². The van der Waals surface area contributed by atoms with Crippen LogP contribution in [0.3, 0.4) is 0 Å². The van der Waals surface area contributed by atoms with Crippen molar-refractivity contribution in [1.82, 2.24) is 0 Å². The Hall–Kier alpha value is -2.59. The molecule has 1 amide bonds. The molecule has 1 heterocycles. The summed E-state index contributed by atoms with van der Waals surface area (Å²) in [6, 6.07) is 10.7. The summed E-state index contributed by atoms with van der Waals surface area (Å²) in [5.74, 6) is -1.58. The number of ether oxygens (including phenoxy) is 1. The molecule has 0 bridgehead atoms. The van der Waals surface area contributed by atoms with E-state index in [0.29, 0.717) is 9.99 Å². The third-order valence-corrected chi connectivity index (χ3v) is 7.92. The minimum atomic E-state index is -4.10. The second kappa shape index (κ2) is 7.68. The minimum absolute atomic E-state index is 0.0310. The Labute approximate surface area is 170 Å². The lowest BCUT2D eigenvalue weighted by atomic mass is 10.2. The molecular weight excluding hydrogens is 416 g/mol. The largest absolute Gasteiger partial charge is 0.495 e. The summed E-state index contributed by atoms with van der Waals surface area (Å²) in [4.78, 5) is 12.1. The van der Waals surface area contributed by atoms with E-state index in [0.717, 1.165) is 18.1 Å². The number of benzene rings is 2. The fraction of sp³-hybridized carbons (Fsp3) is 0.316. The number of methoxy groups -OCH3 is 1. The van der Waals surface area contributed by atoms with E-state index in [1.165, 1.54) is 26.2 Å². The van der Waals surface area contributed by atoms with Crippen LogP contribution in [0.5, 0.6) is 5.75 Å². The quantitative estimate of drug-likeness (QED) is 0.741. The number of amides is 1. The highest BCUT2D eigenvalue weighted by Gasteiger charge is 2.42. The lowest BCUT2D eigenvalue weighted by molar-refractivity contribution is -0.119. The highest BCUT2D eigenvalue weighted by atomic mass is 32.2. The van der Waals surface area contributed by atoms with Gasteiger partial charge in [-0.05, 0) is 42.3 Å². The average molecular weight is 439 g/mol. The van der Waals surface area contributed by atoms with Crippen LogP contribution in [0.1, 0.15) is 19.4 Å². The number of sulfonamides is 2. The van der Waals surface area contributed by atoms with Gasteiger partial charge in [-0.1, -0.05) is 26.0 Å². The molecule has 156 valence electrons. The predicted molar refractivity (Wildman–Crippen MR) is 110 cm³/mol. The number of anilines is 2. The average Bonchev–Trinajstić information content (AvgIpc) is 2.88. The lowest BCUT2D eigenvalue weighted by Gasteiger charge is -2.18. The number of hydrogen-bond acceptors (Lipinski definition) is 6. The number of hydrogen-bond donors (Lipinski definition) is 1. The summed E-state index contributed by atoms with van der Waals surface area (Å²) in [5, 5.41) is 0. The molecule has 0 radical (unpaired) electrons. The summed E-state index contributed by atoms with van der Waals surface area (Å²) >= 11 is 0. The molecule has 1 aliphatic rings. The van der Waals surface area contributed by atoms with Gasteiger partial charge in [-0.2, -0.15) is 0 Å². The molecule has 0 saturated carbocycles. The van der Waals surface area contributed by atoms with Crippen LogP contribution in [-0.2, 0) is 31.3 Å². The van der Waals surface area contributed by atoms with Crippen LogP contribution in [0.15, 0.2) is 47.4 Å². The van der Waals surface area contributed by atoms with Crippen LogP contribution < -0.4 is 13.8 Å². The third-order valence-electron chi connectivity index (χ3n) is 4.65. The molecule has 3 rings (SSSR count). The maximum atomic E-state index is 13.0. The van der Waals surface area contributed by atoms with Crippen molar-refractivity contribution < 1.29 is 26.4 Å². The maximum Gasteiger partial charge on any atom is 0.265 e. The number of aryl methyl sites for hydroxylation is 1. The molecule has 1 unspecified atom stereocenters. The van der Waals surface area contributed by atoms with Gasteiger partial charge in [-0.3, -0.25) is 9.52 Å². The molecule has 2 aromatic rings. The first-order chi connectivity index (χ1) is 13.6. The van der Waals surface area contributed by atoms with Crippen molar-refractivity contribution in [3.8, 4) is 5.75 Å². The van der Waals surface area contributed by atoms with Crippen molar-refractivity contribution >= 4 is 37.3 Å². The van der Waals surface area contributed by atoms with Gasteiger partial charge in [-0.25, -0.2) is 21.1 Å². The molecule has 1 saturated heterocycles. The van der Waals surface area contributed by atoms with Crippen LogP contribution in [-0.4, -0.2) is 35.6 Å². The summed E-state index contributed by atoms with van der Waals surface area (Å²) < 4.78 is 58.9. The van der Waals surface area contributed by atoms with Gasteiger partial charge >= 0.3 is 0 Å². The van der Waals surface area contributed by atoms with Crippen LogP contribution in [0.25, 0.3) is 0 Å². The van der Waals surface area contributed by atoms with Gasteiger partial charge in [0.25, 0.3) is 10.0 Å². The summed E-state index contributed by atoms with van der Waals surface area (Å²) in [6.07, 6.45) is 0.819. The van der Waals surface area contributed by atoms with Crippen molar-refractivity contribution in [3.05, 3.63) is 48.0 Å². The Morgan fingerprint density at radius 1 is 1.17 bits per heavy atom. The number of carbonyl (C=O) groups is 1. The lowest BCUT2D eigenvalue weighted by Crippen LogP contribution is -2.30. The molecule has 1 aliphatic heterocycles. The van der Waals surface area contributed by atoms with Gasteiger partial charge in [0.15, 0.2) is 0 Å². The number of rotatable bonds is 6. The zero-order valence-electron chi connectivity index (χ0n) is 16.2. The van der Waals surface area contributed by atoms with Crippen molar-refractivity contribution in [2.45, 2.75) is 25.2 Å². The molecule has 0 spiro atoms. The highest BCUT2D eigenvalue weighted by Crippen LogP contribution is 2.34. The molecule has 0 aromatic heterocycles. The second-order valence-electron chi connectivity index (χ2n) is 6.77. The summed E-state index contributed by atoms with van der Waals surface area (Å²) in [7, 11) is -6.65. The van der Waals surface area contributed by atoms with E-state index >= 15 is 0 Å². The molecule has 2 aromatic carbocycles. The fourth-order valence-corrected chi connectivity index (χ4v) is 6.17. The molecule has 8 nitrogen and oxygen atoms in total. The van der Waals surface area contributed by atoms with Crippen LogP contribution >= 0.6 is 0 Å². The highest BCUT2D eigenvalue weighted by molar-refractivity contribution is 7.94. The SMILES string of the molecule is CCc1ccc(NS(=O)(=O)c2cc(N3C(=O)C(C)CS3(=O)=O)ccc2OC)cc1. The topological polar surface area (TPSA) is 110 Å². The summed E-state index contributed by atoms with van der Waals surface area (Å²) in [5.41, 5.74) is 1.37. The van der Waals surface area contributed by atoms with Crippen molar-refractivity contribution in [2.75, 3.05) is 21.9 Å². The Bertz CT molecular complexity index is 1140. The smallest absolute Gasteiger partial charge is 0.265 e. The number of nitrogens with zero attached hydrogens (tertiary/aromatic N) is 1. The molecule has 1 atom stereocenters. The van der Waals surface area contributed by atoms with Gasteiger partial charge in [-0.15, -0.1) is 0 Å². The van der Waals surface area contributed by atoms with Gasteiger partial charge in [0.05, 0.1) is 24.5 Å². The Morgan fingerprint density at radius 3 is 2.34 bits per heavy atom. The van der Waals surface area contributed by atoms with Gasteiger partial charge in [0.2, 0.25) is 15.9 Å². The van der Waals surface area contributed by atoms with E-state index in [1.54, 1.807) is 12.1 Å². The van der Waals surface area contributed by atoms with Crippen molar-refractivity contribution in [1.29, 1.82) is 0 Å². The monoisotopic (exact) mass is 438 g/mol. The van der Waals surface area contributed by atoms with Gasteiger partial charge in [0.1, 0.15) is 10.6 Å². The van der Waals surface area contributed by atoms with Crippen LogP contribution in [0.4, 0.5) is 11.4 Å². The Balaban J connectivity index is 2.03. The molecule has 0 aliphatic carbocycles. The van der Waals surface area contributed by atoms with Crippen LogP contribution in [0.2, 0.25) is 0 Å². The molecule has 29 heavy (non-hydrogen) atoms. The number of nitrogens with one attached hydrogen (secondary N) is 1. The normalized spacial score (nSPS) is 18.7. The van der Waals surface area contributed by atoms with E-state index in [4.69, 9.17) is 4.74 Å².